The van der Waals surface area contributed by atoms with Gasteiger partial charge in [-0.2, -0.15) is 0 Å². The topological polar surface area (TPSA) is 109 Å². The minimum Gasteiger partial charge on any atom is -0.466 e. The zero-order valence-electron chi connectivity index (χ0n) is 11.9. The van der Waals surface area contributed by atoms with Gasteiger partial charge in [-0.05, 0) is 18.2 Å². The van der Waals surface area contributed by atoms with Crippen LogP contribution in [-0.4, -0.2) is 42.9 Å². The van der Waals surface area contributed by atoms with Crippen molar-refractivity contribution in [1.82, 2.24) is 10.2 Å². The van der Waals surface area contributed by atoms with Crippen molar-refractivity contribution >= 4 is 29.6 Å². The summed E-state index contributed by atoms with van der Waals surface area (Å²) in [6.07, 6.45) is 2.46. The maximum Gasteiger partial charge on any atom is 0.333 e. The molecule has 116 valence electrons. The molecule has 21 heavy (non-hydrogen) atoms. The smallest absolute Gasteiger partial charge is 0.333 e. The molecule has 0 unspecified atom stereocenters. The number of hydrogen-bond donors (Lipinski definition) is 3. The number of likely N-dealkylation sites (tertiary alicyclic amines) is 1. The lowest BCUT2D eigenvalue weighted by atomic mass is 9.96. The molecule has 7 nitrogen and oxygen atoms in total. The second-order valence-electron chi connectivity index (χ2n) is 4.45. The molecule has 0 saturated carbocycles. The average Bonchev–Trinajstić information content (AvgIpc) is 2.47. The van der Waals surface area contributed by atoms with Gasteiger partial charge >= 0.3 is 5.97 Å². The fourth-order valence-corrected chi connectivity index (χ4v) is 2.46. The number of piperidine rings is 1. The molecule has 1 saturated heterocycles. The summed E-state index contributed by atoms with van der Waals surface area (Å²) in [7, 11) is 1.27. The normalized spacial score (nSPS) is 16.2. The summed E-state index contributed by atoms with van der Waals surface area (Å²) in [5.74, 6) is -0.817. The van der Waals surface area contributed by atoms with Gasteiger partial charge in [0.1, 0.15) is 0 Å². The van der Waals surface area contributed by atoms with Gasteiger partial charge in [-0.15, -0.1) is 0 Å². The zero-order valence-corrected chi connectivity index (χ0v) is 12.7. The van der Waals surface area contributed by atoms with E-state index in [9.17, 15) is 9.59 Å². The van der Waals surface area contributed by atoms with Crippen molar-refractivity contribution in [3.8, 4) is 0 Å². The SMILES string of the molecule is C=CS/C(=C/C(=O)OC)NC(=O)C1CCN(C(=N)N)CC1. The predicted molar refractivity (Wildman–Crippen MR) is 82.2 cm³/mol. The molecular formula is C13H20N4O3S. The lowest BCUT2D eigenvalue weighted by Crippen LogP contribution is -2.45. The van der Waals surface area contributed by atoms with Crippen LogP contribution in [0, 0.1) is 11.3 Å². The first-order valence-corrected chi connectivity index (χ1v) is 7.33. The number of amides is 1. The highest BCUT2D eigenvalue weighted by Crippen LogP contribution is 2.19. The summed E-state index contributed by atoms with van der Waals surface area (Å²) >= 11 is 1.15. The summed E-state index contributed by atoms with van der Waals surface area (Å²) in [5, 5.41) is 12.0. The predicted octanol–water partition coefficient (Wildman–Crippen LogP) is 0.599. The Morgan fingerprint density at radius 2 is 2.10 bits per heavy atom. The Kier molecular flexibility index (Phi) is 6.80. The van der Waals surface area contributed by atoms with Crippen LogP contribution in [0.3, 0.4) is 0 Å². The van der Waals surface area contributed by atoms with Crippen LogP contribution in [0.15, 0.2) is 23.1 Å². The summed E-state index contributed by atoms with van der Waals surface area (Å²) in [6.45, 7) is 4.72. The van der Waals surface area contributed by atoms with E-state index in [1.54, 1.807) is 4.90 Å². The number of thioether (sulfide) groups is 1. The number of rotatable bonds is 5. The number of guanidine groups is 1. The van der Waals surface area contributed by atoms with E-state index in [-0.39, 0.29) is 17.8 Å². The first-order valence-electron chi connectivity index (χ1n) is 6.45. The number of esters is 1. The first-order chi connectivity index (χ1) is 9.97. The summed E-state index contributed by atoms with van der Waals surface area (Å²) in [5.41, 5.74) is 5.41. The van der Waals surface area contributed by atoms with Gasteiger partial charge in [0, 0.05) is 19.0 Å². The molecule has 0 aromatic carbocycles. The molecule has 1 aliphatic rings. The Morgan fingerprint density at radius 3 is 2.57 bits per heavy atom. The Balaban J connectivity index is 2.58. The Morgan fingerprint density at radius 1 is 1.48 bits per heavy atom. The Labute approximate surface area is 128 Å². The number of carbonyl (C=O) groups is 2. The molecule has 1 fully saturated rings. The number of nitrogens with one attached hydrogen (secondary N) is 2. The van der Waals surface area contributed by atoms with E-state index in [4.69, 9.17) is 11.1 Å². The molecule has 0 aromatic heterocycles. The average molecular weight is 312 g/mol. The van der Waals surface area contributed by atoms with Crippen molar-refractivity contribution in [3.63, 3.8) is 0 Å². The summed E-state index contributed by atoms with van der Waals surface area (Å²) < 4.78 is 4.54. The molecule has 1 heterocycles. The molecule has 1 aliphatic heterocycles. The Hall–Kier alpha value is -1.96. The highest BCUT2D eigenvalue weighted by atomic mass is 32.2. The first kappa shape index (κ1) is 17.1. The number of ether oxygens (including phenoxy) is 1. The molecule has 0 bridgehead atoms. The third kappa shape index (κ3) is 5.50. The minimum absolute atomic E-state index is 0.0300. The molecule has 1 rings (SSSR count). The largest absolute Gasteiger partial charge is 0.466 e. The lowest BCUT2D eigenvalue weighted by molar-refractivity contribution is -0.134. The summed E-state index contributed by atoms with van der Waals surface area (Å²) in [4.78, 5) is 25.1. The van der Waals surface area contributed by atoms with Gasteiger partial charge in [0.25, 0.3) is 0 Å². The number of nitrogens with two attached hydrogens (primary N) is 1. The molecule has 1 amide bonds. The lowest BCUT2D eigenvalue weighted by Gasteiger charge is -2.31. The minimum atomic E-state index is -0.536. The van der Waals surface area contributed by atoms with E-state index in [0.717, 1.165) is 11.8 Å². The van der Waals surface area contributed by atoms with Gasteiger partial charge in [0.2, 0.25) is 5.91 Å². The van der Waals surface area contributed by atoms with Crippen LogP contribution in [0.5, 0.6) is 0 Å². The molecule has 0 aliphatic carbocycles. The van der Waals surface area contributed by atoms with E-state index in [1.807, 2.05) is 0 Å². The van der Waals surface area contributed by atoms with E-state index < -0.39 is 5.97 Å². The van der Waals surface area contributed by atoms with Crippen LogP contribution in [0.2, 0.25) is 0 Å². The van der Waals surface area contributed by atoms with Gasteiger partial charge < -0.3 is 20.7 Å². The van der Waals surface area contributed by atoms with E-state index in [1.165, 1.54) is 18.6 Å². The Bertz CT molecular complexity index is 456. The molecule has 0 aromatic rings. The van der Waals surface area contributed by atoms with Crippen molar-refractivity contribution < 1.29 is 14.3 Å². The second-order valence-corrected chi connectivity index (χ2v) is 5.46. The van der Waals surface area contributed by atoms with Crippen LogP contribution < -0.4 is 11.1 Å². The molecule has 8 heteroatoms. The van der Waals surface area contributed by atoms with Gasteiger partial charge in [0.05, 0.1) is 18.2 Å². The highest BCUT2D eigenvalue weighted by Gasteiger charge is 2.26. The monoisotopic (exact) mass is 312 g/mol. The van der Waals surface area contributed by atoms with Crippen LogP contribution in [-0.2, 0) is 14.3 Å². The number of carbonyl (C=O) groups excluding carboxylic acids is 2. The van der Waals surface area contributed by atoms with Crippen LogP contribution in [0.25, 0.3) is 0 Å². The number of nitrogens with zero attached hydrogens (tertiary/aromatic N) is 1. The van der Waals surface area contributed by atoms with Crippen LogP contribution in [0.1, 0.15) is 12.8 Å². The van der Waals surface area contributed by atoms with Gasteiger partial charge in [-0.1, -0.05) is 18.3 Å². The van der Waals surface area contributed by atoms with Crippen molar-refractivity contribution in [1.29, 1.82) is 5.41 Å². The van der Waals surface area contributed by atoms with Gasteiger partial charge in [-0.3, -0.25) is 10.2 Å². The van der Waals surface area contributed by atoms with Crippen LogP contribution in [0.4, 0.5) is 0 Å². The van der Waals surface area contributed by atoms with E-state index >= 15 is 0 Å². The van der Waals surface area contributed by atoms with Gasteiger partial charge in [0.15, 0.2) is 5.96 Å². The molecule has 0 radical (unpaired) electrons. The fraction of sp³-hybridized carbons (Fsp3) is 0.462. The van der Waals surface area contributed by atoms with Crippen molar-refractivity contribution in [2.75, 3.05) is 20.2 Å². The third-order valence-electron chi connectivity index (χ3n) is 3.11. The van der Waals surface area contributed by atoms with Crippen molar-refractivity contribution in [3.05, 3.63) is 23.1 Å². The number of methoxy groups -OCH3 is 1. The quantitative estimate of drug-likeness (QED) is 0.297. The fourth-order valence-electron chi connectivity index (χ4n) is 1.96. The highest BCUT2D eigenvalue weighted by molar-refractivity contribution is 8.05. The van der Waals surface area contributed by atoms with E-state index in [0.29, 0.717) is 31.0 Å². The van der Waals surface area contributed by atoms with E-state index in [2.05, 4.69) is 16.6 Å². The summed E-state index contributed by atoms with van der Waals surface area (Å²) in [6, 6.07) is 0. The van der Waals surface area contributed by atoms with Crippen LogP contribution >= 0.6 is 11.8 Å². The molecule has 0 spiro atoms. The third-order valence-corrected chi connectivity index (χ3v) is 3.75. The molecule has 4 N–H and O–H groups in total. The second kappa shape index (κ2) is 8.35. The number of hydrogen-bond acceptors (Lipinski definition) is 5. The maximum atomic E-state index is 12.2. The maximum absolute atomic E-state index is 12.2. The molecular weight excluding hydrogens is 292 g/mol. The van der Waals surface area contributed by atoms with Crippen molar-refractivity contribution in [2.45, 2.75) is 12.8 Å². The molecule has 0 atom stereocenters. The van der Waals surface area contributed by atoms with Crippen molar-refractivity contribution in [2.24, 2.45) is 11.7 Å². The van der Waals surface area contributed by atoms with Gasteiger partial charge in [-0.25, -0.2) is 4.79 Å². The standard InChI is InChI=1S/C13H20N4O3S/c1-3-21-10(8-11(18)20-2)16-12(19)9-4-6-17(7-5-9)13(14)15/h3,8-9H,1,4-7H2,2H3,(H3,14,15)(H,16,19)/b10-8+. The zero-order chi connectivity index (χ0) is 15.8.